The highest BCUT2D eigenvalue weighted by molar-refractivity contribution is 7.92. The minimum absolute atomic E-state index is 0.00152. The SMILES string of the molecule is CCNC(=O)[C@@H](Cc1ccccc1)N(Cc1ccc(C)cc1)C(=O)CN(c1cc(Cl)cc(Cl)c1)S(=O)(=O)c1ccc(C)cc1. The fourth-order valence-electron chi connectivity index (χ4n) is 4.79. The first-order valence-corrected chi connectivity index (χ1v) is 16.4. The molecular weight excluding hydrogens is 617 g/mol. The summed E-state index contributed by atoms with van der Waals surface area (Å²) in [5.74, 6) is -0.903. The summed E-state index contributed by atoms with van der Waals surface area (Å²) in [6.45, 7) is 5.48. The molecule has 10 heteroatoms. The van der Waals surface area contributed by atoms with Gasteiger partial charge in [0.1, 0.15) is 12.6 Å². The van der Waals surface area contributed by atoms with Gasteiger partial charge in [-0.3, -0.25) is 13.9 Å². The third-order valence-electron chi connectivity index (χ3n) is 7.12. The predicted molar refractivity (Wildman–Crippen MR) is 177 cm³/mol. The summed E-state index contributed by atoms with van der Waals surface area (Å²) >= 11 is 12.6. The summed E-state index contributed by atoms with van der Waals surface area (Å²) in [4.78, 5) is 29.4. The van der Waals surface area contributed by atoms with Crippen LogP contribution in [0.4, 0.5) is 5.69 Å². The smallest absolute Gasteiger partial charge is 0.264 e. The molecule has 2 amide bonds. The molecule has 44 heavy (non-hydrogen) atoms. The Bertz CT molecular complexity index is 1680. The summed E-state index contributed by atoms with van der Waals surface area (Å²) in [6.07, 6.45) is 0.234. The van der Waals surface area contributed by atoms with Crippen LogP contribution in [0.25, 0.3) is 0 Å². The number of sulfonamides is 1. The lowest BCUT2D eigenvalue weighted by atomic mass is 10.0. The number of nitrogens with one attached hydrogen (secondary N) is 1. The molecule has 0 unspecified atom stereocenters. The van der Waals surface area contributed by atoms with Gasteiger partial charge in [0.2, 0.25) is 11.8 Å². The Morgan fingerprint density at radius 3 is 1.93 bits per heavy atom. The van der Waals surface area contributed by atoms with E-state index in [1.54, 1.807) is 12.1 Å². The van der Waals surface area contributed by atoms with E-state index in [1.807, 2.05) is 75.4 Å². The van der Waals surface area contributed by atoms with Crippen molar-refractivity contribution in [1.82, 2.24) is 10.2 Å². The van der Waals surface area contributed by atoms with E-state index in [4.69, 9.17) is 23.2 Å². The van der Waals surface area contributed by atoms with Crippen molar-refractivity contribution in [2.45, 2.75) is 44.7 Å². The van der Waals surface area contributed by atoms with Gasteiger partial charge >= 0.3 is 0 Å². The van der Waals surface area contributed by atoms with Crippen molar-refractivity contribution in [3.63, 3.8) is 0 Å². The molecule has 0 radical (unpaired) electrons. The number of likely N-dealkylation sites (N-methyl/N-ethyl adjacent to an activating group) is 1. The summed E-state index contributed by atoms with van der Waals surface area (Å²) in [7, 11) is -4.26. The lowest BCUT2D eigenvalue weighted by Gasteiger charge is -2.34. The van der Waals surface area contributed by atoms with E-state index in [9.17, 15) is 18.0 Å². The monoisotopic (exact) mass is 651 g/mol. The first-order valence-electron chi connectivity index (χ1n) is 14.2. The second-order valence-electron chi connectivity index (χ2n) is 10.6. The van der Waals surface area contributed by atoms with E-state index in [1.165, 1.54) is 35.2 Å². The van der Waals surface area contributed by atoms with Gasteiger partial charge in [-0.2, -0.15) is 0 Å². The number of hydrogen-bond acceptors (Lipinski definition) is 4. The molecule has 230 valence electrons. The zero-order valence-corrected chi connectivity index (χ0v) is 27.2. The average Bonchev–Trinajstić information content (AvgIpc) is 2.98. The molecule has 1 atom stereocenters. The van der Waals surface area contributed by atoms with Gasteiger partial charge in [-0.1, -0.05) is 101 Å². The second kappa shape index (κ2) is 14.8. The highest BCUT2D eigenvalue weighted by Crippen LogP contribution is 2.30. The lowest BCUT2D eigenvalue weighted by molar-refractivity contribution is -0.140. The average molecular weight is 653 g/mol. The molecule has 4 aromatic rings. The van der Waals surface area contributed by atoms with Gasteiger partial charge in [0, 0.05) is 29.6 Å². The molecule has 1 N–H and O–H groups in total. The van der Waals surface area contributed by atoms with Crippen molar-refractivity contribution in [1.29, 1.82) is 0 Å². The Labute approximate surface area is 269 Å². The number of anilines is 1. The number of hydrogen-bond donors (Lipinski definition) is 1. The fourth-order valence-corrected chi connectivity index (χ4v) is 6.70. The van der Waals surface area contributed by atoms with Crippen molar-refractivity contribution in [3.8, 4) is 0 Å². The molecule has 0 aromatic heterocycles. The predicted octanol–water partition coefficient (Wildman–Crippen LogP) is 6.58. The first-order chi connectivity index (χ1) is 21.0. The molecule has 0 spiro atoms. The molecule has 4 aromatic carbocycles. The number of halogens is 2. The molecule has 0 saturated heterocycles. The Kier molecular flexibility index (Phi) is 11.1. The third kappa shape index (κ3) is 8.40. The molecule has 0 fully saturated rings. The van der Waals surface area contributed by atoms with Crippen molar-refractivity contribution < 1.29 is 18.0 Å². The number of rotatable bonds is 12. The van der Waals surface area contributed by atoms with E-state index in [-0.39, 0.29) is 39.5 Å². The van der Waals surface area contributed by atoms with E-state index in [2.05, 4.69) is 5.32 Å². The van der Waals surface area contributed by atoms with Crippen molar-refractivity contribution in [3.05, 3.63) is 129 Å². The Balaban J connectivity index is 1.81. The zero-order chi connectivity index (χ0) is 31.9. The summed E-state index contributed by atoms with van der Waals surface area (Å²) in [5, 5.41) is 3.28. The number of benzene rings is 4. The zero-order valence-electron chi connectivity index (χ0n) is 24.8. The summed E-state index contributed by atoms with van der Waals surface area (Å²) in [6, 6.07) is 26.9. The normalized spacial score (nSPS) is 11.9. The van der Waals surface area contributed by atoms with Gasteiger partial charge in [0.15, 0.2) is 0 Å². The molecule has 4 rings (SSSR count). The number of nitrogens with zero attached hydrogens (tertiary/aromatic N) is 2. The molecule has 0 aliphatic heterocycles. The standard InChI is InChI=1S/C34H35Cl2N3O4S/c1-4-37-34(41)32(18-26-8-6-5-7-9-26)38(22-27-14-10-24(2)11-15-27)33(40)23-39(30-20-28(35)19-29(36)21-30)44(42,43)31-16-12-25(3)13-17-31/h5-17,19-21,32H,4,18,22-23H2,1-3H3,(H,37,41)/t32-/m1/s1. The Hall–Kier alpha value is -3.85. The van der Waals surface area contributed by atoms with Crippen LogP contribution in [0.15, 0.2) is 102 Å². The van der Waals surface area contributed by atoms with Crippen LogP contribution in [0, 0.1) is 13.8 Å². The number of carbonyl (C=O) groups excluding carboxylic acids is 2. The highest BCUT2D eigenvalue weighted by Gasteiger charge is 2.34. The molecular formula is C34H35Cl2N3O4S. The second-order valence-corrected chi connectivity index (χ2v) is 13.3. The maximum atomic E-state index is 14.4. The minimum Gasteiger partial charge on any atom is -0.355 e. The first kappa shape index (κ1) is 33.1. The summed E-state index contributed by atoms with van der Waals surface area (Å²) < 4.78 is 29.2. The largest absolute Gasteiger partial charge is 0.355 e. The third-order valence-corrected chi connectivity index (χ3v) is 9.34. The van der Waals surface area contributed by atoms with Crippen molar-refractivity contribution in [2.75, 3.05) is 17.4 Å². The van der Waals surface area contributed by atoms with Gasteiger partial charge in [-0.15, -0.1) is 0 Å². The minimum atomic E-state index is -4.26. The lowest BCUT2D eigenvalue weighted by Crippen LogP contribution is -2.53. The quantitative estimate of drug-likeness (QED) is 0.187. The van der Waals surface area contributed by atoms with Crippen LogP contribution in [0.2, 0.25) is 10.0 Å². The van der Waals surface area contributed by atoms with Crippen molar-refractivity contribution in [2.24, 2.45) is 0 Å². The Morgan fingerprint density at radius 1 is 0.795 bits per heavy atom. The maximum Gasteiger partial charge on any atom is 0.264 e. The van der Waals surface area contributed by atoms with Crippen LogP contribution in [-0.4, -0.2) is 44.3 Å². The molecule has 7 nitrogen and oxygen atoms in total. The number of amides is 2. The van der Waals surface area contributed by atoms with Crippen LogP contribution in [0.1, 0.15) is 29.2 Å². The van der Waals surface area contributed by atoms with Gasteiger partial charge in [0.05, 0.1) is 10.6 Å². The van der Waals surface area contributed by atoms with Crippen molar-refractivity contribution >= 4 is 50.7 Å². The molecule has 0 saturated carbocycles. The number of aryl methyl sites for hydroxylation is 2. The van der Waals surface area contributed by atoms with Crippen LogP contribution in [0.3, 0.4) is 0 Å². The van der Waals surface area contributed by atoms with E-state index >= 15 is 0 Å². The summed E-state index contributed by atoms with van der Waals surface area (Å²) in [5.41, 5.74) is 3.71. The molecule has 0 heterocycles. The maximum absolute atomic E-state index is 14.4. The van der Waals surface area contributed by atoms with Gasteiger partial charge < -0.3 is 10.2 Å². The molecule has 0 bridgehead atoms. The Morgan fingerprint density at radius 2 is 1.36 bits per heavy atom. The van der Waals surface area contributed by atoms with Crippen LogP contribution in [0.5, 0.6) is 0 Å². The highest BCUT2D eigenvalue weighted by atomic mass is 35.5. The molecule has 0 aliphatic rings. The molecule has 0 aliphatic carbocycles. The topological polar surface area (TPSA) is 86.8 Å². The van der Waals surface area contributed by atoms with Gasteiger partial charge in [0.25, 0.3) is 10.0 Å². The number of carbonyl (C=O) groups is 2. The van der Waals surface area contributed by atoms with E-state index in [0.29, 0.717) is 6.54 Å². The fraction of sp³-hybridized carbons (Fsp3) is 0.235. The van der Waals surface area contributed by atoms with E-state index < -0.39 is 28.5 Å². The van der Waals surface area contributed by atoms with Gasteiger partial charge in [-0.25, -0.2) is 8.42 Å². The van der Waals surface area contributed by atoms with Crippen LogP contribution in [-0.2, 0) is 32.6 Å². The van der Waals surface area contributed by atoms with Gasteiger partial charge in [-0.05, 0) is 62.2 Å². The van der Waals surface area contributed by atoms with E-state index in [0.717, 1.165) is 26.6 Å². The van der Waals surface area contributed by atoms with Crippen LogP contribution >= 0.6 is 23.2 Å². The van der Waals surface area contributed by atoms with Crippen LogP contribution < -0.4 is 9.62 Å².